The van der Waals surface area contributed by atoms with Gasteiger partial charge in [-0.1, -0.05) is 74.8 Å². The number of primary amides is 1. The number of hydrogen-bond donors (Lipinski definition) is 2. The molecule has 4 rings (SSSR count). The Hall–Kier alpha value is -3.30. The van der Waals surface area contributed by atoms with Gasteiger partial charge in [-0.25, -0.2) is 0 Å². The van der Waals surface area contributed by atoms with Crippen LogP contribution in [0.1, 0.15) is 62.8 Å². The number of nitrogens with two attached hydrogens (primary N) is 1. The minimum absolute atomic E-state index is 0. The summed E-state index contributed by atoms with van der Waals surface area (Å²) in [5.41, 5.74) is 8.71. The zero-order chi connectivity index (χ0) is 31.7. The summed E-state index contributed by atoms with van der Waals surface area (Å²) in [6, 6.07) is 21.4. The van der Waals surface area contributed by atoms with Gasteiger partial charge in [-0.2, -0.15) is 0 Å². The van der Waals surface area contributed by atoms with Gasteiger partial charge in [0.05, 0.1) is 20.1 Å². The number of carbonyl (C=O) groups is 2. The lowest BCUT2D eigenvalue weighted by atomic mass is 9.94. The third-order valence-corrected chi connectivity index (χ3v) is 7.57. The minimum atomic E-state index is -1.09. The molecule has 1 aliphatic heterocycles. The van der Waals surface area contributed by atoms with E-state index in [1.807, 2.05) is 51.1 Å². The van der Waals surface area contributed by atoms with E-state index in [0.29, 0.717) is 46.5 Å². The van der Waals surface area contributed by atoms with E-state index in [-0.39, 0.29) is 30.2 Å². The van der Waals surface area contributed by atoms with Crippen LogP contribution in [0.3, 0.4) is 0 Å². The fourth-order valence-corrected chi connectivity index (χ4v) is 5.58. The van der Waals surface area contributed by atoms with Crippen LogP contribution < -0.4 is 25.4 Å². The number of anilines is 1. The van der Waals surface area contributed by atoms with Crippen LogP contribution in [0.2, 0.25) is 5.02 Å². The van der Waals surface area contributed by atoms with Gasteiger partial charge in [-0.15, -0.1) is 12.4 Å². The molecular formula is C35H45Cl2N3O5. The molecule has 3 aromatic carbocycles. The van der Waals surface area contributed by atoms with Crippen LogP contribution in [0.5, 0.6) is 11.5 Å². The number of nitrogens with zero attached hydrogens (tertiary/aromatic N) is 1. The minimum Gasteiger partial charge on any atom is -0.492 e. The van der Waals surface area contributed by atoms with E-state index < -0.39 is 18.1 Å². The summed E-state index contributed by atoms with van der Waals surface area (Å²) in [5.74, 6) is 0.107. The van der Waals surface area contributed by atoms with Crippen LogP contribution >= 0.6 is 24.0 Å². The van der Waals surface area contributed by atoms with Crippen molar-refractivity contribution in [2.75, 3.05) is 38.3 Å². The first-order chi connectivity index (χ1) is 21.1. The Morgan fingerprint density at radius 3 is 2.44 bits per heavy atom. The number of amides is 2. The molecule has 3 aromatic rings. The fourth-order valence-electron chi connectivity index (χ4n) is 5.40. The highest BCUT2D eigenvalue weighted by Gasteiger charge is 2.39. The molecule has 0 aliphatic carbocycles. The van der Waals surface area contributed by atoms with Crippen molar-refractivity contribution in [2.45, 2.75) is 58.7 Å². The summed E-state index contributed by atoms with van der Waals surface area (Å²) in [6.07, 6.45) is 0.814. The van der Waals surface area contributed by atoms with Gasteiger partial charge in [0.15, 0.2) is 11.5 Å². The third kappa shape index (κ3) is 10.1. The maximum Gasteiger partial charge on any atom is 0.256 e. The lowest BCUT2D eigenvalue weighted by Gasteiger charge is -2.31. The molecule has 2 unspecified atom stereocenters. The Morgan fingerprint density at radius 2 is 1.76 bits per heavy atom. The fraction of sp³-hybridized carbons (Fsp3) is 0.429. The molecule has 10 heteroatoms. The molecule has 8 nitrogen and oxygen atoms in total. The van der Waals surface area contributed by atoms with E-state index in [1.165, 1.54) is 5.56 Å². The molecule has 0 bridgehead atoms. The van der Waals surface area contributed by atoms with Crippen LogP contribution in [0.4, 0.5) is 5.69 Å². The van der Waals surface area contributed by atoms with E-state index in [9.17, 15) is 9.59 Å². The summed E-state index contributed by atoms with van der Waals surface area (Å²) < 4.78 is 18.5. The molecule has 2 amide bonds. The lowest BCUT2D eigenvalue weighted by Crippen LogP contribution is -2.44. The van der Waals surface area contributed by atoms with Gasteiger partial charge >= 0.3 is 0 Å². The molecule has 0 fully saturated rings. The van der Waals surface area contributed by atoms with E-state index >= 15 is 0 Å². The Morgan fingerprint density at radius 1 is 1.02 bits per heavy atom. The number of hydrogen-bond acceptors (Lipinski definition) is 6. The predicted octanol–water partition coefficient (Wildman–Crippen LogP) is 6.50. The first kappa shape index (κ1) is 36.2. The van der Waals surface area contributed by atoms with E-state index in [2.05, 4.69) is 29.6 Å². The van der Waals surface area contributed by atoms with Crippen LogP contribution in [-0.4, -0.2) is 51.3 Å². The van der Waals surface area contributed by atoms with Crippen molar-refractivity contribution in [3.63, 3.8) is 0 Å². The SMILES string of the molecule is COc1c(OCCCNCCCc2ccccc2)cccc1C1OC(CC(N)=O)C(=O)N(CC(C)(C)C)c2ccc(Cl)cc21.Cl. The van der Waals surface area contributed by atoms with E-state index in [1.54, 1.807) is 24.1 Å². The Kier molecular flexibility index (Phi) is 13.5. The normalized spacial score (nSPS) is 16.4. The second kappa shape index (κ2) is 16.9. The Bertz CT molecular complexity index is 1410. The number of carbonyl (C=O) groups excluding carboxylic acids is 2. The number of aryl methyl sites for hydroxylation is 1. The number of methoxy groups -OCH3 is 1. The average Bonchev–Trinajstić information content (AvgIpc) is 3.08. The van der Waals surface area contributed by atoms with Gasteiger partial charge in [0.2, 0.25) is 5.91 Å². The average molecular weight is 659 g/mol. The Balaban J connectivity index is 0.00000552. The molecule has 3 N–H and O–H groups in total. The number of ether oxygens (including phenoxy) is 3. The number of halogens is 2. The standard InChI is InChI=1S/C35H44ClN3O5.ClH/c1-35(2,3)23-39-28-17-16-25(36)21-27(28)32(44-30(34(39)41)22-31(37)40)26-14-8-15-29(33(26)42-4)43-20-10-19-38-18-9-13-24-11-6-5-7-12-24;/h5-8,11-12,14-17,21,30,32,38H,9-10,13,18-20,22-23H2,1-4H3,(H2,37,40);1H. The molecule has 1 heterocycles. The first-order valence-electron chi connectivity index (χ1n) is 15.2. The topological polar surface area (TPSA) is 103 Å². The van der Waals surface area contributed by atoms with Gasteiger partial charge in [0.25, 0.3) is 5.91 Å². The summed E-state index contributed by atoms with van der Waals surface area (Å²) in [7, 11) is 1.58. The molecule has 244 valence electrons. The van der Waals surface area contributed by atoms with Crippen molar-refractivity contribution < 1.29 is 23.8 Å². The van der Waals surface area contributed by atoms with Crippen LogP contribution in [0, 0.1) is 5.41 Å². The zero-order valence-corrected chi connectivity index (χ0v) is 28.1. The number of rotatable bonds is 14. The molecule has 45 heavy (non-hydrogen) atoms. The monoisotopic (exact) mass is 657 g/mol. The Labute approximate surface area is 278 Å². The van der Waals surface area contributed by atoms with Gasteiger partial charge < -0.3 is 30.2 Å². The third-order valence-electron chi connectivity index (χ3n) is 7.34. The second-order valence-electron chi connectivity index (χ2n) is 12.3. The summed E-state index contributed by atoms with van der Waals surface area (Å²) in [6.45, 7) is 8.81. The van der Waals surface area contributed by atoms with Gasteiger partial charge in [-0.05, 0) is 67.6 Å². The van der Waals surface area contributed by atoms with Crippen LogP contribution in [-0.2, 0) is 20.7 Å². The number of nitrogens with one attached hydrogen (secondary N) is 1. The molecule has 0 saturated heterocycles. The summed E-state index contributed by atoms with van der Waals surface area (Å²) in [5, 5.41) is 3.98. The van der Waals surface area contributed by atoms with Gasteiger partial charge in [0, 0.05) is 28.4 Å². The maximum absolute atomic E-state index is 13.8. The van der Waals surface area contributed by atoms with Crippen molar-refractivity contribution in [3.05, 3.63) is 88.4 Å². The van der Waals surface area contributed by atoms with E-state index in [4.69, 9.17) is 31.5 Å². The molecule has 0 spiro atoms. The van der Waals surface area contributed by atoms with Crippen molar-refractivity contribution in [2.24, 2.45) is 11.1 Å². The summed E-state index contributed by atoms with van der Waals surface area (Å²) in [4.78, 5) is 27.6. The highest BCUT2D eigenvalue weighted by Crippen LogP contribution is 2.45. The van der Waals surface area contributed by atoms with Crippen molar-refractivity contribution in [1.82, 2.24) is 5.32 Å². The number of benzene rings is 3. The number of para-hydroxylation sites is 1. The molecule has 0 radical (unpaired) electrons. The first-order valence-corrected chi connectivity index (χ1v) is 15.5. The molecule has 2 atom stereocenters. The zero-order valence-electron chi connectivity index (χ0n) is 26.5. The van der Waals surface area contributed by atoms with Crippen LogP contribution in [0.25, 0.3) is 0 Å². The van der Waals surface area contributed by atoms with Crippen LogP contribution in [0.15, 0.2) is 66.7 Å². The molecule has 1 aliphatic rings. The summed E-state index contributed by atoms with van der Waals surface area (Å²) >= 11 is 6.49. The van der Waals surface area contributed by atoms with Gasteiger partial charge in [-0.3, -0.25) is 9.59 Å². The molecule has 0 saturated carbocycles. The van der Waals surface area contributed by atoms with E-state index in [0.717, 1.165) is 32.4 Å². The smallest absolute Gasteiger partial charge is 0.256 e. The lowest BCUT2D eigenvalue weighted by molar-refractivity contribution is -0.137. The van der Waals surface area contributed by atoms with Crippen molar-refractivity contribution in [1.29, 1.82) is 0 Å². The highest BCUT2D eigenvalue weighted by atomic mass is 35.5. The van der Waals surface area contributed by atoms with Gasteiger partial charge in [0.1, 0.15) is 12.2 Å². The largest absolute Gasteiger partial charge is 0.492 e. The van der Waals surface area contributed by atoms with Crippen molar-refractivity contribution in [3.8, 4) is 11.5 Å². The molecular weight excluding hydrogens is 613 g/mol. The van der Waals surface area contributed by atoms with Crippen molar-refractivity contribution >= 4 is 41.5 Å². The quantitative estimate of drug-likeness (QED) is 0.192. The highest BCUT2D eigenvalue weighted by molar-refractivity contribution is 6.30. The predicted molar refractivity (Wildman–Crippen MR) is 182 cm³/mol. The second-order valence-corrected chi connectivity index (χ2v) is 12.7. The maximum atomic E-state index is 13.8. The molecule has 0 aromatic heterocycles. The number of fused-ring (bicyclic) bond motifs is 1.